The first kappa shape index (κ1) is 16.2. The van der Waals surface area contributed by atoms with Gasteiger partial charge >= 0.3 is 5.97 Å². The van der Waals surface area contributed by atoms with Crippen LogP contribution in [0.15, 0.2) is 12.1 Å². The van der Waals surface area contributed by atoms with Gasteiger partial charge in [-0.05, 0) is 26.0 Å². The summed E-state index contributed by atoms with van der Waals surface area (Å²) in [5, 5.41) is 0. The minimum absolute atomic E-state index is 0.0498. The molecular weight excluding hydrogens is 263 g/mol. The molecule has 0 saturated carbocycles. The predicted octanol–water partition coefficient (Wildman–Crippen LogP) is 2.06. The average Bonchev–Trinajstić information content (AvgIpc) is 2.40. The number of methoxy groups -OCH3 is 2. The molecule has 0 aliphatic carbocycles. The molecule has 0 unspecified atom stereocenters. The van der Waals surface area contributed by atoms with Crippen LogP contribution in [0.4, 0.5) is 15.8 Å². The summed E-state index contributed by atoms with van der Waals surface area (Å²) in [6.07, 6.45) is 0. The maximum atomic E-state index is 14.1. The van der Waals surface area contributed by atoms with E-state index >= 15 is 0 Å². The Kier molecular flexibility index (Phi) is 5.76. The first-order valence-electron chi connectivity index (χ1n) is 6.35. The van der Waals surface area contributed by atoms with Crippen LogP contribution in [0.1, 0.15) is 24.2 Å². The molecule has 1 aromatic rings. The van der Waals surface area contributed by atoms with E-state index in [9.17, 15) is 9.18 Å². The molecular formula is C14H21FN2O3. The van der Waals surface area contributed by atoms with Crippen molar-refractivity contribution in [2.45, 2.75) is 19.9 Å². The topological polar surface area (TPSA) is 64.8 Å². The molecule has 0 radical (unpaired) electrons. The van der Waals surface area contributed by atoms with Gasteiger partial charge in [-0.25, -0.2) is 9.18 Å². The summed E-state index contributed by atoms with van der Waals surface area (Å²) in [5.74, 6) is -1.06. The van der Waals surface area contributed by atoms with Crippen molar-refractivity contribution >= 4 is 17.3 Å². The van der Waals surface area contributed by atoms with Gasteiger partial charge in [0.05, 0.1) is 25.0 Å². The molecule has 0 bridgehead atoms. The number of carbonyl (C=O) groups excluding carboxylic acids is 1. The number of benzene rings is 1. The molecule has 0 spiro atoms. The fourth-order valence-electron chi connectivity index (χ4n) is 1.93. The van der Waals surface area contributed by atoms with E-state index < -0.39 is 11.8 Å². The van der Waals surface area contributed by atoms with Gasteiger partial charge < -0.3 is 20.1 Å². The monoisotopic (exact) mass is 284 g/mol. The lowest BCUT2D eigenvalue weighted by Crippen LogP contribution is -2.34. The molecule has 112 valence electrons. The lowest BCUT2D eigenvalue weighted by Gasteiger charge is -2.29. The molecule has 0 aliphatic heterocycles. The van der Waals surface area contributed by atoms with Crippen LogP contribution in [0.25, 0.3) is 0 Å². The van der Waals surface area contributed by atoms with E-state index in [0.717, 1.165) is 6.07 Å². The summed E-state index contributed by atoms with van der Waals surface area (Å²) in [6.45, 7) is 4.83. The number of anilines is 2. The number of ether oxygens (including phenoxy) is 2. The maximum Gasteiger partial charge on any atom is 0.340 e. The van der Waals surface area contributed by atoms with Gasteiger partial charge in [-0.1, -0.05) is 0 Å². The molecule has 1 aromatic carbocycles. The van der Waals surface area contributed by atoms with E-state index in [1.165, 1.54) is 13.2 Å². The summed E-state index contributed by atoms with van der Waals surface area (Å²) in [5.41, 5.74) is 6.19. The van der Waals surface area contributed by atoms with Gasteiger partial charge in [0.25, 0.3) is 0 Å². The summed E-state index contributed by atoms with van der Waals surface area (Å²) >= 11 is 0. The maximum absolute atomic E-state index is 14.1. The molecule has 5 nitrogen and oxygen atoms in total. The Morgan fingerprint density at radius 1 is 1.40 bits per heavy atom. The second-order valence-electron chi connectivity index (χ2n) is 4.66. The number of nitrogens with two attached hydrogens (primary N) is 1. The number of nitrogen functional groups attached to an aromatic ring is 1. The van der Waals surface area contributed by atoms with Crippen LogP contribution in [-0.2, 0) is 9.47 Å². The van der Waals surface area contributed by atoms with Crippen molar-refractivity contribution in [1.82, 2.24) is 0 Å². The van der Waals surface area contributed by atoms with Gasteiger partial charge in [-0.2, -0.15) is 0 Å². The Labute approximate surface area is 118 Å². The fourth-order valence-corrected chi connectivity index (χ4v) is 1.93. The van der Waals surface area contributed by atoms with Gasteiger partial charge in [0.15, 0.2) is 0 Å². The zero-order valence-electron chi connectivity index (χ0n) is 12.3. The largest absolute Gasteiger partial charge is 0.465 e. The number of halogens is 1. The van der Waals surface area contributed by atoms with Crippen molar-refractivity contribution in [2.24, 2.45) is 0 Å². The van der Waals surface area contributed by atoms with Crippen molar-refractivity contribution in [1.29, 1.82) is 0 Å². The molecule has 0 amide bonds. The molecule has 2 N–H and O–H groups in total. The van der Waals surface area contributed by atoms with E-state index in [2.05, 4.69) is 4.74 Å². The lowest BCUT2D eigenvalue weighted by molar-refractivity contribution is 0.0602. The molecule has 1 rings (SSSR count). The van der Waals surface area contributed by atoms with E-state index in [1.807, 2.05) is 18.7 Å². The summed E-state index contributed by atoms with van der Waals surface area (Å²) in [7, 11) is 2.84. The molecule has 6 heteroatoms. The number of esters is 1. The lowest BCUT2D eigenvalue weighted by atomic mass is 10.1. The van der Waals surface area contributed by atoms with Gasteiger partial charge in [0, 0.05) is 25.4 Å². The molecule has 0 aliphatic rings. The normalized spacial score (nSPS) is 10.7. The molecule has 0 heterocycles. The molecule has 0 saturated heterocycles. The quantitative estimate of drug-likeness (QED) is 0.640. The zero-order valence-corrected chi connectivity index (χ0v) is 12.3. The van der Waals surface area contributed by atoms with Crippen LogP contribution in [0.2, 0.25) is 0 Å². The van der Waals surface area contributed by atoms with E-state index in [1.54, 1.807) is 7.11 Å². The van der Waals surface area contributed by atoms with E-state index in [4.69, 9.17) is 10.5 Å². The standard InChI is InChI=1S/C14H21FN2O3/c1-9(2)17(5-6-19-3)13-7-10(14(18)20-4)12(16)8-11(13)15/h7-9H,5-6,16H2,1-4H3. The highest BCUT2D eigenvalue weighted by Crippen LogP contribution is 2.27. The first-order chi connectivity index (χ1) is 9.42. The second kappa shape index (κ2) is 7.09. The first-order valence-corrected chi connectivity index (χ1v) is 6.35. The van der Waals surface area contributed by atoms with Crippen LogP contribution in [0.3, 0.4) is 0 Å². The number of hydrogen-bond donors (Lipinski definition) is 1. The molecule has 0 aromatic heterocycles. The Balaban J connectivity index is 3.23. The molecule has 20 heavy (non-hydrogen) atoms. The van der Waals surface area contributed by atoms with E-state index in [-0.39, 0.29) is 17.3 Å². The fraction of sp³-hybridized carbons (Fsp3) is 0.500. The smallest absolute Gasteiger partial charge is 0.340 e. The Hall–Kier alpha value is -1.82. The third-order valence-corrected chi connectivity index (χ3v) is 2.99. The SMILES string of the molecule is COCCN(c1cc(C(=O)OC)c(N)cc1F)C(C)C. The highest BCUT2D eigenvalue weighted by atomic mass is 19.1. The highest BCUT2D eigenvalue weighted by Gasteiger charge is 2.20. The number of rotatable bonds is 6. The second-order valence-corrected chi connectivity index (χ2v) is 4.66. The van der Waals surface area contributed by atoms with Crippen molar-refractivity contribution in [3.63, 3.8) is 0 Å². The van der Waals surface area contributed by atoms with Crippen molar-refractivity contribution < 1.29 is 18.7 Å². The third-order valence-electron chi connectivity index (χ3n) is 2.99. The van der Waals surface area contributed by atoms with Crippen LogP contribution in [0.5, 0.6) is 0 Å². The average molecular weight is 284 g/mol. The third kappa shape index (κ3) is 3.60. The number of hydrogen-bond acceptors (Lipinski definition) is 5. The predicted molar refractivity (Wildman–Crippen MR) is 76.5 cm³/mol. The van der Waals surface area contributed by atoms with Gasteiger partial charge in [0.2, 0.25) is 0 Å². The van der Waals surface area contributed by atoms with Gasteiger partial charge in [-0.3, -0.25) is 0 Å². The minimum Gasteiger partial charge on any atom is -0.465 e. The van der Waals surface area contributed by atoms with Crippen LogP contribution < -0.4 is 10.6 Å². The molecule has 0 atom stereocenters. The minimum atomic E-state index is -0.584. The van der Waals surface area contributed by atoms with E-state index in [0.29, 0.717) is 18.8 Å². The van der Waals surface area contributed by atoms with Crippen LogP contribution in [-0.4, -0.2) is 39.4 Å². The Bertz CT molecular complexity index is 478. The van der Waals surface area contributed by atoms with Gasteiger partial charge in [0.1, 0.15) is 5.82 Å². The molecule has 0 fully saturated rings. The summed E-state index contributed by atoms with van der Waals surface area (Å²) in [4.78, 5) is 13.4. The summed E-state index contributed by atoms with van der Waals surface area (Å²) < 4.78 is 23.8. The zero-order chi connectivity index (χ0) is 15.3. The summed E-state index contributed by atoms with van der Waals surface area (Å²) in [6, 6.07) is 2.62. The van der Waals surface area contributed by atoms with Gasteiger partial charge in [-0.15, -0.1) is 0 Å². The highest BCUT2D eigenvalue weighted by molar-refractivity contribution is 5.96. The van der Waals surface area contributed by atoms with Crippen LogP contribution >= 0.6 is 0 Å². The number of nitrogens with zero attached hydrogens (tertiary/aromatic N) is 1. The van der Waals surface area contributed by atoms with Crippen molar-refractivity contribution in [3.05, 3.63) is 23.5 Å². The van der Waals surface area contributed by atoms with Crippen LogP contribution in [0, 0.1) is 5.82 Å². The number of carbonyl (C=O) groups is 1. The Morgan fingerprint density at radius 3 is 2.55 bits per heavy atom. The van der Waals surface area contributed by atoms with Crippen molar-refractivity contribution in [2.75, 3.05) is 38.0 Å². The van der Waals surface area contributed by atoms with Crippen molar-refractivity contribution in [3.8, 4) is 0 Å². The Morgan fingerprint density at radius 2 is 2.05 bits per heavy atom.